The van der Waals surface area contributed by atoms with Crippen molar-refractivity contribution in [3.63, 3.8) is 0 Å². The maximum Gasteiger partial charge on any atom is 0.189 e. The van der Waals surface area contributed by atoms with E-state index < -0.39 is 0 Å². The van der Waals surface area contributed by atoms with E-state index in [9.17, 15) is 0 Å². The highest BCUT2D eigenvalue weighted by atomic mass is 32.1. The van der Waals surface area contributed by atoms with Gasteiger partial charge >= 0.3 is 0 Å². The average Bonchev–Trinajstić information content (AvgIpc) is 2.89. The highest BCUT2D eigenvalue weighted by Gasteiger charge is 2.16. The monoisotopic (exact) mass is 384 g/mol. The van der Waals surface area contributed by atoms with Gasteiger partial charge in [-0.15, -0.1) is 0 Å². The second-order valence-corrected chi connectivity index (χ2v) is 7.83. The SMILES string of the molecule is COc1ccc2nc(Nc3ncnc(NC4CCCCCC4)c3N)sc2c1. The van der Waals surface area contributed by atoms with Crippen molar-refractivity contribution in [2.24, 2.45) is 0 Å². The number of anilines is 4. The van der Waals surface area contributed by atoms with Crippen LogP contribution < -0.4 is 21.1 Å². The summed E-state index contributed by atoms with van der Waals surface area (Å²) in [6, 6.07) is 6.24. The fraction of sp³-hybridized carbons (Fsp3) is 0.421. The molecule has 0 aliphatic heterocycles. The molecule has 142 valence electrons. The number of rotatable bonds is 5. The van der Waals surface area contributed by atoms with E-state index in [4.69, 9.17) is 10.5 Å². The molecule has 0 spiro atoms. The molecular formula is C19H24N6OS. The number of aromatic nitrogens is 3. The summed E-state index contributed by atoms with van der Waals surface area (Å²) in [6.07, 6.45) is 8.98. The number of nitrogen functional groups attached to an aromatic ring is 1. The Hall–Kier alpha value is -2.61. The Morgan fingerprint density at radius 3 is 2.67 bits per heavy atom. The van der Waals surface area contributed by atoms with Crippen molar-refractivity contribution in [2.45, 2.75) is 44.6 Å². The number of nitrogens with two attached hydrogens (primary N) is 1. The van der Waals surface area contributed by atoms with E-state index in [0.717, 1.165) is 33.9 Å². The van der Waals surface area contributed by atoms with Crippen LogP contribution in [0.25, 0.3) is 10.2 Å². The second-order valence-electron chi connectivity index (χ2n) is 6.80. The van der Waals surface area contributed by atoms with Crippen LogP contribution in [0.2, 0.25) is 0 Å². The minimum atomic E-state index is 0.424. The van der Waals surface area contributed by atoms with Crippen LogP contribution in [-0.4, -0.2) is 28.1 Å². The molecule has 4 N–H and O–H groups in total. The molecule has 3 aromatic rings. The normalized spacial score (nSPS) is 15.4. The van der Waals surface area contributed by atoms with Gasteiger partial charge in [0, 0.05) is 6.04 Å². The first-order chi connectivity index (χ1) is 13.2. The second kappa shape index (κ2) is 7.96. The zero-order valence-corrected chi connectivity index (χ0v) is 16.2. The summed E-state index contributed by atoms with van der Waals surface area (Å²) in [6.45, 7) is 0. The van der Waals surface area contributed by atoms with Crippen LogP contribution in [0.3, 0.4) is 0 Å². The summed E-state index contributed by atoms with van der Waals surface area (Å²) >= 11 is 1.54. The third kappa shape index (κ3) is 4.05. The molecule has 0 amide bonds. The minimum Gasteiger partial charge on any atom is -0.497 e. The minimum absolute atomic E-state index is 0.424. The van der Waals surface area contributed by atoms with E-state index in [2.05, 4.69) is 25.6 Å². The molecule has 8 heteroatoms. The van der Waals surface area contributed by atoms with Crippen LogP contribution in [0.4, 0.5) is 22.5 Å². The molecule has 7 nitrogen and oxygen atoms in total. The van der Waals surface area contributed by atoms with E-state index in [1.54, 1.807) is 7.11 Å². The topological polar surface area (TPSA) is 98.0 Å². The van der Waals surface area contributed by atoms with Crippen molar-refractivity contribution in [1.29, 1.82) is 0 Å². The first-order valence-corrected chi connectivity index (χ1v) is 10.1. The molecule has 0 radical (unpaired) electrons. The van der Waals surface area contributed by atoms with E-state index >= 15 is 0 Å². The number of nitrogens with zero attached hydrogens (tertiary/aromatic N) is 3. The molecule has 27 heavy (non-hydrogen) atoms. The lowest BCUT2D eigenvalue weighted by atomic mass is 10.1. The third-order valence-corrected chi connectivity index (χ3v) is 5.83. The van der Waals surface area contributed by atoms with Crippen molar-refractivity contribution in [3.8, 4) is 5.75 Å². The van der Waals surface area contributed by atoms with E-state index in [-0.39, 0.29) is 0 Å². The molecule has 0 atom stereocenters. The Labute approximate surface area is 162 Å². The molecule has 1 aromatic carbocycles. The Morgan fingerprint density at radius 2 is 1.89 bits per heavy atom. The molecule has 0 saturated heterocycles. The summed E-state index contributed by atoms with van der Waals surface area (Å²) in [5.41, 5.74) is 7.77. The number of thiazole rings is 1. The molecule has 1 saturated carbocycles. The van der Waals surface area contributed by atoms with E-state index in [1.165, 1.54) is 43.3 Å². The highest BCUT2D eigenvalue weighted by molar-refractivity contribution is 7.22. The first kappa shape index (κ1) is 17.8. The molecular weight excluding hydrogens is 360 g/mol. The first-order valence-electron chi connectivity index (χ1n) is 9.31. The van der Waals surface area contributed by atoms with Gasteiger partial charge in [-0.05, 0) is 31.0 Å². The van der Waals surface area contributed by atoms with Crippen LogP contribution in [0.5, 0.6) is 5.75 Å². The van der Waals surface area contributed by atoms with Crippen LogP contribution in [0.15, 0.2) is 24.5 Å². The van der Waals surface area contributed by atoms with Crippen molar-refractivity contribution >= 4 is 44.0 Å². The summed E-state index contributed by atoms with van der Waals surface area (Å²) in [5.74, 6) is 2.09. The Bertz CT molecular complexity index is 920. The predicted molar refractivity (Wildman–Crippen MR) is 111 cm³/mol. The molecule has 2 aromatic heterocycles. The van der Waals surface area contributed by atoms with Gasteiger partial charge in [-0.3, -0.25) is 0 Å². The molecule has 1 aliphatic carbocycles. The number of hydrogen-bond donors (Lipinski definition) is 3. The van der Waals surface area contributed by atoms with E-state index in [0.29, 0.717) is 23.4 Å². The van der Waals surface area contributed by atoms with Gasteiger partial charge in [0.15, 0.2) is 16.8 Å². The van der Waals surface area contributed by atoms with Gasteiger partial charge in [-0.2, -0.15) is 0 Å². The summed E-state index contributed by atoms with van der Waals surface area (Å²) < 4.78 is 6.32. The van der Waals surface area contributed by atoms with Crippen LogP contribution in [0.1, 0.15) is 38.5 Å². The van der Waals surface area contributed by atoms with Crippen molar-refractivity contribution in [3.05, 3.63) is 24.5 Å². The standard InChI is InChI=1S/C19H24N6OS/c1-26-13-8-9-14-15(10-13)27-19(24-14)25-18-16(20)17(21-11-22-18)23-12-6-4-2-3-5-7-12/h8-12H,2-7,20H2,1H3,(H2,21,22,23,24,25). The summed E-state index contributed by atoms with van der Waals surface area (Å²) in [7, 11) is 1.66. The molecule has 1 fully saturated rings. The number of fused-ring (bicyclic) bond motifs is 1. The van der Waals surface area contributed by atoms with Gasteiger partial charge in [0.1, 0.15) is 17.8 Å². The number of methoxy groups -OCH3 is 1. The number of benzene rings is 1. The van der Waals surface area contributed by atoms with Crippen molar-refractivity contribution in [2.75, 3.05) is 23.5 Å². The summed E-state index contributed by atoms with van der Waals surface area (Å²) in [4.78, 5) is 13.3. The quantitative estimate of drug-likeness (QED) is 0.555. The maximum atomic E-state index is 6.33. The number of nitrogens with one attached hydrogen (secondary N) is 2. The molecule has 0 bridgehead atoms. The lowest BCUT2D eigenvalue weighted by Gasteiger charge is -2.18. The van der Waals surface area contributed by atoms with Gasteiger partial charge in [0.25, 0.3) is 0 Å². The lowest BCUT2D eigenvalue weighted by molar-refractivity contribution is 0.415. The van der Waals surface area contributed by atoms with Gasteiger partial charge in [0.2, 0.25) is 0 Å². The Morgan fingerprint density at radius 1 is 1.11 bits per heavy atom. The van der Waals surface area contributed by atoms with Crippen molar-refractivity contribution in [1.82, 2.24) is 15.0 Å². The zero-order chi connectivity index (χ0) is 18.6. The van der Waals surface area contributed by atoms with Crippen LogP contribution >= 0.6 is 11.3 Å². The molecule has 2 heterocycles. The Kier molecular flexibility index (Phi) is 5.24. The molecule has 4 rings (SSSR count). The fourth-order valence-electron chi connectivity index (χ4n) is 3.41. The zero-order valence-electron chi connectivity index (χ0n) is 15.4. The smallest absolute Gasteiger partial charge is 0.189 e. The fourth-order valence-corrected chi connectivity index (χ4v) is 4.31. The van der Waals surface area contributed by atoms with Gasteiger partial charge in [0.05, 0.1) is 17.3 Å². The maximum absolute atomic E-state index is 6.33. The summed E-state index contributed by atoms with van der Waals surface area (Å²) in [5, 5.41) is 7.49. The van der Waals surface area contributed by atoms with Crippen LogP contribution in [0, 0.1) is 0 Å². The molecule has 1 aliphatic rings. The van der Waals surface area contributed by atoms with Gasteiger partial charge in [-0.1, -0.05) is 37.0 Å². The van der Waals surface area contributed by atoms with Gasteiger partial charge in [-0.25, -0.2) is 15.0 Å². The Balaban J connectivity index is 1.53. The van der Waals surface area contributed by atoms with E-state index in [1.807, 2.05) is 18.2 Å². The average molecular weight is 385 g/mol. The largest absolute Gasteiger partial charge is 0.497 e. The van der Waals surface area contributed by atoms with Gasteiger partial charge < -0.3 is 21.1 Å². The number of ether oxygens (including phenoxy) is 1. The lowest BCUT2D eigenvalue weighted by Crippen LogP contribution is -2.20. The highest BCUT2D eigenvalue weighted by Crippen LogP contribution is 2.33. The predicted octanol–water partition coefficient (Wildman–Crippen LogP) is 4.56. The van der Waals surface area contributed by atoms with Crippen molar-refractivity contribution < 1.29 is 4.74 Å². The third-order valence-electron chi connectivity index (χ3n) is 4.90. The molecule has 0 unspecified atom stereocenters. The number of hydrogen-bond acceptors (Lipinski definition) is 8. The van der Waals surface area contributed by atoms with Crippen LogP contribution in [-0.2, 0) is 0 Å².